The molecule has 0 unspecified atom stereocenters. The third-order valence-corrected chi connectivity index (χ3v) is 6.38. The highest BCUT2D eigenvalue weighted by Crippen LogP contribution is 2.26. The van der Waals surface area contributed by atoms with Crippen LogP contribution in [0.4, 0.5) is 10.1 Å². The lowest BCUT2D eigenvalue weighted by molar-refractivity contribution is 0.600. The Labute approximate surface area is 167 Å². The van der Waals surface area contributed by atoms with Crippen molar-refractivity contribution in [3.05, 3.63) is 94.3 Å². The van der Waals surface area contributed by atoms with E-state index in [4.69, 9.17) is 11.6 Å². The van der Waals surface area contributed by atoms with E-state index in [0.717, 1.165) is 48.0 Å². The Morgan fingerprint density at radius 3 is 2.50 bits per heavy atom. The second-order valence-electron chi connectivity index (χ2n) is 6.40. The average molecular weight is 415 g/mol. The molecule has 0 bridgehead atoms. The lowest BCUT2D eigenvalue weighted by Gasteiger charge is -2.17. The molecule has 1 aliphatic rings. The highest BCUT2D eigenvalue weighted by Gasteiger charge is 2.19. The normalized spacial score (nSPS) is 13.6. The van der Waals surface area contributed by atoms with Gasteiger partial charge in [-0.1, -0.05) is 48.0 Å². The summed E-state index contributed by atoms with van der Waals surface area (Å²) in [5.41, 5.74) is 4.55. The van der Waals surface area contributed by atoms with Crippen LogP contribution >= 0.6 is 11.6 Å². The Hall–Kier alpha value is -2.70. The largest absolute Gasteiger partial charge is 0.284 e. The molecule has 0 saturated carbocycles. The minimum absolute atomic E-state index is 0.169. The van der Waals surface area contributed by atoms with Crippen LogP contribution in [0.1, 0.15) is 16.7 Å². The van der Waals surface area contributed by atoms with Crippen molar-refractivity contribution in [3.63, 3.8) is 0 Å². The predicted molar refractivity (Wildman–Crippen MR) is 109 cm³/mol. The van der Waals surface area contributed by atoms with Gasteiger partial charge in [-0.25, -0.2) is 12.8 Å². The number of hydrogen-bond acceptors (Lipinski definition) is 3. The molecule has 4 rings (SSSR count). The summed E-state index contributed by atoms with van der Waals surface area (Å²) in [6.07, 6.45) is 0.913. The number of sulfonamides is 1. The molecule has 7 heteroatoms. The van der Waals surface area contributed by atoms with Crippen LogP contribution in [-0.4, -0.2) is 20.7 Å². The van der Waals surface area contributed by atoms with E-state index < -0.39 is 15.8 Å². The Bertz CT molecular complexity index is 1180. The first-order valence-corrected chi connectivity index (χ1v) is 10.5. The standard InChI is InChI=1S/C21H16ClFN2O2S/c22-19-13-16(23)7-10-20(19)28(26,27)25-17-8-5-15(6-9-17)21-18-4-2-1-3-14(18)11-12-24-21/h1-10,13,25H,11-12H2. The fourth-order valence-electron chi connectivity index (χ4n) is 3.19. The average Bonchev–Trinajstić information content (AvgIpc) is 2.67. The van der Waals surface area contributed by atoms with Crippen LogP contribution in [0.5, 0.6) is 0 Å². The molecule has 0 spiro atoms. The van der Waals surface area contributed by atoms with E-state index in [-0.39, 0.29) is 9.92 Å². The van der Waals surface area contributed by atoms with Crippen molar-refractivity contribution in [3.8, 4) is 0 Å². The number of rotatable bonds is 4. The maximum atomic E-state index is 13.2. The fourth-order valence-corrected chi connectivity index (χ4v) is 4.78. The molecule has 0 aromatic heterocycles. The van der Waals surface area contributed by atoms with Crippen molar-refractivity contribution in [2.75, 3.05) is 11.3 Å². The van der Waals surface area contributed by atoms with Crippen molar-refractivity contribution in [1.82, 2.24) is 0 Å². The maximum absolute atomic E-state index is 13.2. The minimum atomic E-state index is -3.93. The monoisotopic (exact) mass is 414 g/mol. The summed E-state index contributed by atoms with van der Waals surface area (Å²) >= 11 is 5.88. The van der Waals surface area contributed by atoms with Gasteiger partial charge in [0.05, 0.1) is 10.7 Å². The number of aliphatic imine (C=N–C) groups is 1. The van der Waals surface area contributed by atoms with E-state index in [1.807, 2.05) is 30.3 Å². The zero-order valence-electron chi connectivity index (χ0n) is 14.7. The molecule has 1 N–H and O–H groups in total. The van der Waals surface area contributed by atoms with Gasteiger partial charge in [0.2, 0.25) is 0 Å². The molecular formula is C21H16ClFN2O2S. The van der Waals surface area contributed by atoms with Gasteiger partial charge in [0, 0.05) is 23.4 Å². The summed E-state index contributed by atoms with van der Waals surface area (Å²) in [7, 11) is -3.93. The van der Waals surface area contributed by atoms with Gasteiger partial charge in [-0.3, -0.25) is 9.71 Å². The summed E-state index contributed by atoms with van der Waals surface area (Å²) in [5.74, 6) is -0.596. The lowest BCUT2D eigenvalue weighted by atomic mass is 9.93. The molecule has 142 valence electrons. The molecule has 4 nitrogen and oxygen atoms in total. The Balaban J connectivity index is 1.60. The SMILES string of the molecule is O=S(=O)(Nc1ccc(C2=NCCc3ccccc32)cc1)c1ccc(F)cc1Cl. The smallest absolute Gasteiger partial charge is 0.263 e. The van der Waals surface area contributed by atoms with Crippen LogP contribution in [-0.2, 0) is 16.4 Å². The van der Waals surface area contributed by atoms with E-state index in [0.29, 0.717) is 5.69 Å². The number of nitrogens with zero attached hydrogens (tertiary/aromatic N) is 1. The van der Waals surface area contributed by atoms with Crippen LogP contribution in [0.15, 0.2) is 76.6 Å². The number of fused-ring (bicyclic) bond motifs is 1. The van der Waals surface area contributed by atoms with Crippen molar-refractivity contribution >= 4 is 33.0 Å². The number of halogens is 2. The van der Waals surface area contributed by atoms with Crippen LogP contribution in [0, 0.1) is 5.82 Å². The number of anilines is 1. The van der Waals surface area contributed by atoms with Crippen LogP contribution in [0.2, 0.25) is 5.02 Å². The molecule has 0 amide bonds. The second kappa shape index (κ2) is 7.37. The van der Waals surface area contributed by atoms with E-state index in [9.17, 15) is 12.8 Å². The molecule has 1 aliphatic heterocycles. The Kier molecular flexibility index (Phi) is 4.91. The molecule has 3 aromatic carbocycles. The molecule has 0 aliphatic carbocycles. The molecule has 3 aromatic rings. The molecule has 0 radical (unpaired) electrons. The molecule has 1 heterocycles. The summed E-state index contributed by atoms with van der Waals surface area (Å²) in [6, 6.07) is 18.3. The van der Waals surface area contributed by atoms with Gasteiger partial charge in [-0.15, -0.1) is 0 Å². The first kappa shape index (κ1) is 18.7. The fraction of sp³-hybridized carbons (Fsp3) is 0.0952. The first-order valence-electron chi connectivity index (χ1n) is 8.65. The van der Waals surface area contributed by atoms with Gasteiger partial charge < -0.3 is 0 Å². The van der Waals surface area contributed by atoms with Crippen LogP contribution < -0.4 is 4.72 Å². The Morgan fingerprint density at radius 2 is 1.75 bits per heavy atom. The summed E-state index contributed by atoms with van der Waals surface area (Å²) in [4.78, 5) is 4.46. The summed E-state index contributed by atoms with van der Waals surface area (Å²) in [6.45, 7) is 0.726. The second-order valence-corrected chi connectivity index (χ2v) is 8.45. The zero-order chi connectivity index (χ0) is 19.7. The number of benzene rings is 3. The van der Waals surface area contributed by atoms with Crippen LogP contribution in [0.3, 0.4) is 0 Å². The third kappa shape index (κ3) is 3.66. The third-order valence-electron chi connectivity index (χ3n) is 4.52. The summed E-state index contributed by atoms with van der Waals surface area (Å²) < 4.78 is 40.7. The Morgan fingerprint density at radius 1 is 1.00 bits per heavy atom. The maximum Gasteiger partial charge on any atom is 0.263 e. The molecule has 0 fully saturated rings. The minimum Gasteiger partial charge on any atom is -0.284 e. The van der Waals surface area contributed by atoms with E-state index in [2.05, 4.69) is 15.8 Å². The van der Waals surface area contributed by atoms with Gasteiger partial charge in [-0.05, 0) is 42.3 Å². The van der Waals surface area contributed by atoms with Gasteiger partial charge in [0.25, 0.3) is 10.0 Å². The molecule has 28 heavy (non-hydrogen) atoms. The van der Waals surface area contributed by atoms with Crippen molar-refractivity contribution in [1.29, 1.82) is 0 Å². The van der Waals surface area contributed by atoms with Gasteiger partial charge >= 0.3 is 0 Å². The lowest BCUT2D eigenvalue weighted by Crippen LogP contribution is -2.15. The highest BCUT2D eigenvalue weighted by molar-refractivity contribution is 7.92. The van der Waals surface area contributed by atoms with Crippen molar-refractivity contribution < 1.29 is 12.8 Å². The summed E-state index contributed by atoms with van der Waals surface area (Å²) in [5, 5.41) is -0.169. The van der Waals surface area contributed by atoms with Gasteiger partial charge in [0.1, 0.15) is 10.7 Å². The van der Waals surface area contributed by atoms with Crippen molar-refractivity contribution in [2.24, 2.45) is 4.99 Å². The number of nitrogens with one attached hydrogen (secondary N) is 1. The quantitative estimate of drug-likeness (QED) is 0.674. The first-order chi connectivity index (χ1) is 13.4. The predicted octanol–water partition coefficient (Wildman–Crippen LogP) is 4.67. The van der Waals surface area contributed by atoms with Crippen LogP contribution in [0.25, 0.3) is 0 Å². The molecule has 0 atom stereocenters. The van der Waals surface area contributed by atoms with Gasteiger partial charge in [-0.2, -0.15) is 0 Å². The molecular weight excluding hydrogens is 399 g/mol. The van der Waals surface area contributed by atoms with E-state index >= 15 is 0 Å². The van der Waals surface area contributed by atoms with Crippen molar-refractivity contribution in [2.45, 2.75) is 11.3 Å². The van der Waals surface area contributed by atoms with Gasteiger partial charge in [0.15, 0.2) is 0 Å². The topological polar surface area (TPSA) is 58.5 Å². The zero-order valence-corrected chi connectivity index (χ0v) is 16.3. The molecule has 0 saturated heterocycles. The van der Waals surface area contributed by atoms with E-state index in [1.165, 1.54) is 5.56 Å². The van der Waals surface area contributed by atoms with E-state index in [1.54, 1.807) is 12.1 Å². The highest BCUT2D eigenvalue weighted by atomic mass is 35.5. The number of hydrogen-bond donors (Lipinski definition) is 1.